The molecule has 4 rings (SSSR count). The largest absolute Gasteiger partial charge is 0.489 e. The molecule has 0 spiro atoms. The third-order valence-corrected chi connectivity index (χ3v) is 5.96. The van der Waals surface area contributed by atoms with E-state index in [4.69, 9.17) is 4.74 Å². The number of nitro benzene ring substituents is 1. The lowest BCUT2D eigenvalue weighted by atomic mass is 10.1. The summed E-state index contributed by atoms with van der Waals surface area (Å²) in [5.41, 5.74) is 2.63. The molecule has 2 amide bonds. The van der Waals surface area contributed by atoms with E-state index in [1.807, 2.05) is 36.4 Å². The van der Waals surface area contributed by atoms with Crippen LogP contribution in [0, 0.1) is 10.1 Å². The van der Waals surface area contributed by atoms with E-state index in [1.165, 1.54) is 17.0 Å². The molecule has 1 fully saturated rings. The topological polar surface area (TPSA) is 89.7 Å². The fraction of sp³-hybridized carbons (Fsp3) is 0.120. The van der Waals surface area contributed by atoms with Gasteiger partial charge < -0.3 is 4.74 Å². The van der Waals surface area contributed by atoms with Gasteiger partial charge in [0.1, 0.15) is 12.4 Å². The second-order valence-electron chi connectivity index (χ2n) is 7.35. The molecule has 0 bridgehead atoms. The maximum Gasteiger partial charge on any atom is 0.293 e. The quantitative estimate of drug-likeness (QED) is 0.252. The SMILES string of the molecule is O=C1S/C(=C/c2cccc(OCc3ccc([N+](=O)[O-])cc3)c2)C(=O)N1CCc1ccccc1. The van der Waals surface area contributed by atoms with Crippen molar-refractivity contribution in [3.8, 4) is 5.75 Å². The number of benzene rings is 3. The second-order valence-corrected chi connectivity index (χ2v) is 8.35. The molecule has 0 saturated carbocycles. The molecule has 166 valence electrons. The monoisotopic (exact) mass is 460 g/mol. The molecule has 0 aliphatic carbocycles. The number of rotatable bonds is 8. The minimum Gasteiger partial charge on any atom is -0.489 e. The summed E-state index contributed by atoms with van der Waals surface area (Å²) in [6.45, 7) is 0.585. The van der Waals surface area contributed by atoms with Gasteiger partial charge in [0.05, 0.1) is 9.83 Å². The van der Waals surface area contributed by atoms with Crippen LogP contribution in [-0.2, 0) is 17.8 Å². The van der Waals surface area contributed by atoms with Gasteiger partial charge in [-0.1, -0.05) is 42.5 Å². The van der Waals surface area contributed by atoms with Gasteiger partial charge >= 0.3 is 0 Å². The molecule has 3 aromatic rings. The van der Waals surface area contributed by atoms with E-state index in [9.17, 15) is 19.7 Å². The average Bonchev–Trinajstić information content (AvgIpc) is 3.09. The second kappa shape index (κ2) is 10.1. The molecule has 8 heteroatoms. The zero-order valence-corrected chi connectivity index (χ0v) is 18.4. The number of nitro groups is 1. The first-order valence-corrected chi connectivity index (χ1v) is 11.1. The number of ether oxygens (including phenoxy) is 1. The molecule has 33 heavy (non-hydrogen) atoms. The zero-order valence-electron chi connectivity index (χ0n) is 17.5. The van der Waals surface area contributed by atoms with E-state index in [0.717, 1.165) is 28.5 Å². The average molecular weight is 461 g/mol. The first-order valence-electron chi connectivity index (χ1n) is 10.2. The van der Waals surface area contributed by atoms with Gasteiger partial charge in [0.25, 0.3) is 16.8 Å². The highest BCUT2D eigenvalue weighted by molar-refractivity contribution is 8.18. The fourth-order valence-electron chi connectivity index (χ4n) is 3.30. The summed E-state index contributed by atoms with van der Waals surface area (Å²) in [5, 5.41) is 10.5. The molecule has 3 aromatic carbocycles. The molecule has 0 aromatic heterocycles. The number of nitrogens with zero attached hydrogens (tertiary/aromatic N) is 2. The molecule has 0 N–H and O–H groups in total. The van der Waals surface area contributed by atoms with Crippen LogP contribution in [0.15, 0.2) is 83.8 Å². The van der Waals surface area contributed by atoms with Crippen molar-refractivity contribution in [2.45, 2.75) is 13.0 Å². The Hall–Kier alpha value is -3.91. The van der Waals surface area contributed by atoms with Crippen LogP contribution in [-0.4, -0.2) is 27.5 Å². The standard InChI is InChI=1S/C25H20N2O5S/c28-24-23(33-25(29)26(24)14-13-18-5-2-1-3-6-18)16-20-7-4-8-22(15-20)32-17-19-9-11-21(12-10-19)27(30)31/h1-12,15-16H,13-14,17H2/b23-16+. The number of amides is 2. The highest BCUT2D eigenvalue weighted by Gasteiger charge is 2.34. The third-order valence-electron chi connectivity index (χ3n) is 5.05. The lowest BCUT2D eigenvalue weighted by Crippen LogP contribution is -2.30. The van der Waals surface area contributed by atoms with Crippen molar-refractivity contribution in [3.05, 3.63) is 111 Å². The Kier molecular flexibility index (Phi) is 6.85. The van der Waals surface area contributed by atoms with Crippen molar-refractivity contribution >= 4 is 34.7 Å². The number of hydrogen-bond donors (Lipinski definition) is 0. The summed E-state index contributed by atoms with van der Waals surface area (Å²) in [5.74, 6) is 0.295. The van der Waals surface area contributed by atoms with Gasteiger partial charge in [0.2, 0.25) is 0 Å². The smallest absolute Gasteiger partial charge is 0.293 e. The Morgan fingerprint density at radius 3 is 2.42 bits per heavy atom. The van der Waals surface area contributed by atoms with Crippen LogP contribution in [0.25, 0.3) is 6.08 Å². The number of thioether (sulfide) groups is 1. The Morgan fingerprint density at radius 1 is 0.939 bits per heavy atom. The van der Waals surface area contributed by atoms with Crippen LogP contribution >= 0.6 is 11.8 Å². The molecular weight excluding hydrogens is 440 g/mol. The van der Waals surface area contributed by atoms with Gasteiger partial charge in [0, 0.05) is 18.7 Å². The third kappa shape index (κ3) is 5.67. The predicted octanol–water partition coefficient (Wildman–Crippen LogP) is 5.45. The summed E-state index contributed by atoms with van der Waals surface area (Å²) in [6, 6.07) is 23.1. The number of non-ortho nitro benzene ring substituents is 1. The van der Waals surface area contributed by atoms with Gasteiger partial charge in [-0.3, -0.25) is 24.6 Å². The molecular formula is C25H20N2O5S. The van der Waals surface area contributed by atoms with E-state index in [0.29, 0.717) is 23.6 Å². The van der Waals surface area contributed by atoms with E-state index in [2.05, 4.69) is 0 Å². The molecule has 0 atom stereocenters. The van der Waals surface area contributed by atoms with Crippen molar-refractivity contribution < 1.29 is 19.2 Å². The van der Waals surface area contributed by atoms with Crippen LogP contribution < -0.4 is 4.74 Å². The Bertz CT molecular complexity index is 1210. The molecule has 1 heterocycles. The highest BCUT2D eigenvalue weighted by Crippen LogP contribution is 2.32. The lowest BCUT2D eigenvalue weighted by Gasteiger charge is -2.12. The Balaban J connectivity index is 1.39. The van der Waals surface area contributed by atoms with Crippen molar-refractivity contribution in [2.24, 2.45) is 0 Å². The number of hydrogen-bond acceptors (Lipinski definition) is 6. The van der Waals surface area contributed by atoms with Crippen molar-refractivity contribution in [2.75, 3.05) is 6.54 Å². The van der Waals surface area contributed by atoms with Crippen LogP contribution in [0.1, 0.15) is 16.7 Å². The Morgan fingerprint density at radius 2 is 1.70 bits per heavy atom. The maximum absolute atomic E-state index is 12.7. The van der Waals surface area contributed by atoms with Gasteiger partial charge in [-0.15, -0.1) is 0 Å². The minimum atomic E-state index is -0.447. The van der Waals surface area contributed by atoms with Crippen molar-refractivity contribution in [1.82, 2.24) is 4.90 Å². The van der Waals surface area contributed by atoms with Crippen LogP contribution in [0.2, 0.25) is 0 Å². The van der Waals surface area contributed by atoms with Gasteiger partial charge in [0.15, 0.2) is 0 Å². The fourth-order valence-corrected chi connectivity index (χ4v) is 4.17. The summed E-state index contributed by atoms with van der Waals surface area (Å²) < 4.78 is 5.79. The normalized spacial score (nSPS) is 14.7. The summed E-state index contributed by atoms with van der Waals surface area (Å²) >= 11 is 0.934. The van der Waals surface area contributed by atoms with E-state index in [1.54, 1.807) is 36.4 Å². The summed E-state index contributed by atoms with van der Waals surface area (Å²) in [7, 11) is 0. The first-order chi connectivity index (χ1) is 16.0. The van der Waals surface area contributed by atoms with Gasteiger partial charge in [-0.25, -0.2) is 0 Å². The number of carbonyl (C=O) groups excluding carboxylic acids is 2. The zero-order chi connectivity index (χ0) is 23.2. The van der Waals surface area contributed by atoms with E-state index in [-0.39, 0.29) is 23.4 Å². The van der Waals surface area contributed by atoms with Crippen LogP contribution in [0.4, 0.5) is 10.5 Å². The molecule has 0 radical (unpaired) electrons. The van der Waals surface area contributed by atoms with Crippen molar-refractivity contribution in [3.63, 3.8) is 0 Å². The van der Waals surface area contributed by atoms with E-state index < -0.39 is 4.92 Å². The number of carbonyl (C=O) groups is 2. The van der Waals surface area contributed by atoms with Crippen LogP contribution in [0.3, 0.4) is 0 Å². The van der Waals surface area contributed by atoms with Crippen molar-refractivity contribution in [1.29, 1.82) is 0 Å². The summed E-state index contributed by atoms with van der Waals surface area (Å²) in [4.78, 5) is 37.1. The molecule has 0 unspecified atom stereocenters. The lowest BCUT2D eigenvalue weighted by molar-refractivity contribution is -0.384. The first kappa shape index (κ1) is 22.3. The predicted molar refractivity (Wildman–Crippen MR) is 127 cm³/mol. The molecule has 7 nitrogen and oxygen atoms in total. The Labute approximate surface area is 194 Å². The maximum atomic E-state index is 12.7. The number of imide groups is 1. The van der Waals surface area contributed by atoms with Gasteiger partial charge in [-0.05, 0) is 65.2 Å². The molecule has 1 aliphatic heterocycles. The molecule has 1 saturated heterocycles. The minimum absolute atomic E-state index is 0.0264. The van der Waals surface area contributed by atoms with E-state index >= 15 is 0 Å². The van der Waals surface area contributed by atoms with Gasteiger partial charge in [-0.2, -0.15) is 0 Å². The van der Waals surface area contributed by atoms with Crippen LogP contribution in [0.5, 0.6) is 5.75 Å². The molecule has 1 aliphatic rings. The summed E-state index contributed by atoms with van der Waals surface area (Å²) in [6.07, 6.45) is 2.30. The highest BCUT2D eigenvalue weighted by atomic mass is 32.2.